The fourth-order valence-corrected chi connectivity index (χ4v) is 3.25. The Hall–Kier alpha value is -2.71. The van der Waals surface area contributed by atoms with Gasteiger partial charge in [0.2, 0.25) is 10.0 Å². The minimum absolute atomic E-state index is 0.0547. The van der Waals surface area contributed by atoms with Crippen LogP contribution in [0.3, 0.4) is 0 Å². The number of sulfonamides is 1. The number of ether oxygens (including phenoxy) is 1. The molecule has 1 amide bonds. The minimum atomic E-state index is -3.60. The van der Waals surface area contributed by atoms with Crippen LogP contribution in [-0.4, -0.2) is 45.5 Å². The number of nitrogens with one attached hydrogen (secondary N) is 1. The Bertz CT molecular complexity index is 936. The Kier molecular flexibility index (Phi) is 6.70. The van der Waals surface area contributed by atoms with Crippen molar-refractivity contribution in [2.24, 2.45) is 5.10 Å². The molecule has 7 nitrogen and oxygen atoms in total. The highest BCUT2D eigenvalue weighted by atomic mass is 32.2. The molecule has 2 aromatic rings. The second-order valence-corrected chi connectivity index (χ2v) is 8.28. The van der Waals surface area contributed by atoms with Crippen molar-refractivity contribution in [2.75, 3.05) is 21.2 Å². The first-order chi connectivity index (χ1) is 12.7. The Labute approximate surface area is 159 Å². The zero-order valence-electron chi connectivity index (χ0n) is 15.8. The van der Waals surface area contributed by atoms with Gasteiger partial charge in [0.25, 0.3) is 5.91 Å². The molecule has 2 aromatic carbocycles. The number of carbonyl (C=O) groups excluding carboxylic acids is 1. The fraction of sp³-hybridized carbons (Fsp3) is 0.263. The van der Waals surface area contributed by atoms with Gasteiger partial charge in [0, 0.05) is 31.8 Å². The maximum absolute atomic E-state index is 12.3. The van der Waals surface area contributed by atoms with Gasteiger partial charge in [-0.3, -0.25) is 4.79 Å². The molecule has 0 saturated heterocycles. The first kappa shape index (κ1) is 20.6. The van der Waals surface area contributed by atoms with Gasteiger partial charge in [0.1, 0.15) is 5.75 Å². The van der Waals surface area contributed by atoms with Crippen molar-refractivity contribution in [3.05, 3.63) is 59.7 Å². The summed E-state index contributed by atoms with van der Waals surface area (Å²) < 4.78 is 30.6. The van der Waals surface area contributed by atoms with E-state index in [4.69, 9.17) is 4.74 Å². The largest absolute Gasteiger partial charge is 0.497 e. The predicted molar refractivity (Wildman–Crippen MR) is 105 cm³/mol. The van der Waals surface area contributed by atoms with Gasteiger partial charge >= 0.3 is 0 Å². The lowest BCUT2D eigenvalue weighted by Crippen LogP contribution is -2.23. The summed E-state index contributed by atoms with van der Waals surface area (Å²) in [6, 6.07) is 13.4. The van der Waals surface area contributed by atoms with Gasteiger partial charge in [0.15, 0.2) is 0 Å². The predicted octanol–water partition coefficient (Wildman–Crippen LogP) is 2.29. The number of nitrogens with zero attached hydrogens (tertiary/aromatic N) is 2. The highest BCUT2D eigenvalue weighted by Gasteiger charge is 2.18. The average molecular weight is 389 g/mol. The van der Waals surface area contributed by atoms with Crippen molar-refractivity contribution in [3.63, 3.8) is 0 Å². The number of benzene rings is 2. The van der Waals surface area contributed by atoms with Crippen molar-refractivity contribution < 1.29 is 17.9 Å². The molecule has 0 heterocycles. The number of amides is 1. The molecule has 0 aliphatic heterocycles. The maximum Gasteiger partial charge on any atom is 0.271 e. The number of rotatable bonds is 7. The van der Waals surface area contributed by atoms with E-state index in [1.165, 1.54) is 32.3 Å². The summed E-state index contributed by atoms with van der Waals surface area (Å²) in [6.45, 7) is 1.80. The quantitative estimate of drug-likeness (QED) is 0.581. The fourth-order valence-electron chi connectivity index (χ4n) is 2.30. The maximum atomic E-state index is 12.3. The normalized spacial score (nSPS) is 12.1. The first-order valence-electron chi connectivity index (χ1n) is 8.23. The second-order valence-electron chi connectivity index (χ2n) is 6.13. The molecule has 0 bridgehead atoms. The molecule has 0 saturated carbocycles. The minimum Gasteiger partial charge on any atom is -0.497 e. The number of hydrogen-bond acceptors (Lipinski definition) is 5. The summed E-state index contributed by atoms with van der Waals surface area (Å²) >= 11 is 0. The molecule has 0 radical (unpaired) electrons. The molecule has 0 atom stereocenters. The molecule has 0 aliphatic carbocycles. The van der Waals surface area contributed by atoms with E-state index >= 15 is 0 Å². The van der Waals surface area contributed by atoms with Gasteiger partial charge in [-0.1, -0.05) is 18.2 Å². The van der Waals surface area contributed by atoms with E-state index in [9.17, 15) is 13.2 Å². The van der Waals surface area contributed by atoms with Gasteiger partial charge < -0.3 is 4.74 Å². The highest BCUT2D eigenvalue weighted by molar-refractivity contribution is 7.89. The Morgan fingerprint density at radius 1 is 1.15 bits per heavy atom. The summed E-state index contributed by atoms with van der Waals surface area (Å²) in [7, 11) is 0.883. The molecule has 1 N–H and O–H groups in total. The summed E-state index contributed by atoms with van der Waals surface area (Å²) in [6.07, 6.45) is 0.569. The molecule has 0 unspecified atom stereocenters. The number of hydrazone groups is 1. The van der Waals surface area contributed by atoms with E-state index in [0.717, 1.165) is 15.6 Å². The molecular weight excluding hydrogens is 366 g/mol. The van der Waals surface area contributed by atoms with Crippen LogP contribution in [0.5, 0.6) is 5.75 Å². The Morgan fingerprint density at radius 3 is 2.41 bits per heavy atom. The van der Waals surface area contributed by atoms with Crippen LogP contribution >= 0.6 is 0 Å². The standard InChI is InChI=1S/C19H23N3O4S/c1-14(12-15-8-10-17(26-4)11-9-15)20-21-19(23)16-6-5-7-18(13-16)27(24,25)22(2)3/h5-11,13H,12H2,1-4H3,(H,21,23)/b20-14-. The van der Waals surface area contributed by atoms with Crippen molar-refractivity contribution in [2.45, 2.75) is 18.2 Å². The lowest BCUT2D eigenvalue weighted by atomic mass is 10.1. The highest BCUT2D eigenvalue weighted by Crippen LogP contribution is 2.15. The molecule has 0 aromatic heterocycles. The lowest BCUT2D eigenvalue weighted by Gasteiger charge is -2.12. The van der Waals surface area contributed by atoms with Gasteiger partial charge in [0.05, 0.1) is 12.0 Å². The smallest absolute Gasteiger partial charge is 0.271 e. The van der Waals surface area contributed by atoms with Gasteiger partial charge in [-0.15, -0.1) is 0 Å². The topological polar surface area (TPSA) is 88.1 Å². The Balaban J connectivity index is 2.07. The van der Waals surface area contributed by atoms with E-state index in [-0.39, 0.29) is 10.5 Å². The molecule has 0 aliphatic rings. The molecule has 8 heteroatoms. The SMILES string of the molecule is COc1ccc(C/C(C)=N\NC(=O)c2cccc(S(=O)(=O)N(C)C)c2)cc1. The molecule has 27 heavy (non-hydrogen) atoms. The van der Waals surface area contributed by atoms with Crippen LogP contribution in [0.15, 0.2) is 58.5 Å². The van der Waals surface area contributed by atoms with E-state index < -0.39 is 15.9 Å². The van der Waals surface area contributed by atoms with Crippen LogP contribution in [0.1, 0.15) is 22.8 Å². The third-order valence-corrected chi connectivity index (χ3v) is 5.65. The second kappa shape index (κ2) is 8.79. The monoisotopic (exact) mass is 389 g/mol. The van der Waals surface area contributed by atoms with Crippen LogP contribution in [0.2, 0.25) is 0 Å². The summed E-state index contributed by atoms with van der Waals surface area (Å²) in [5, 5.41) is 4.09. The third kappa shape index (κ3) is 5.38. The van der Waals surface area contributed by atoms with Crippen LogP contribution < -0.4 is 10.2 Å². The first-order valence-corrected chi connectivity index (χ1v) is 9.67. The summed E-state index contributed by atoms with van der Waals surface area (Å²) in [5.74, 6) is 0.300. The van der Waals surface area contributed by atoms with E-state index in [1.54, 1.807) is 20.1 Å². The van der Waals surface area contributed by atoms with Gasteiger partial charge in [-0.2, -0.15) is 5.10 Å². The van der Waals surface area contributed by atoms with Gasteiger partial charge in [-0.05, 0) is 42.8 Å². The van der Waals surface area contributed by atoms with Crippen molar-refractivity contribution in [3.8, 4) is 5.75 Å². The van der Waals surface area contributed by atoms with Crippen LogP contribution in [0.4, 0.5) is 0 Å². The van der Waals surface area contributed by atoms with E-state index in [2.05, 4.69) is 10.5 Å². The van der Waals surface area contributed by atoms with Crippen molar-refractivity contribution >= 4 is 21.6 Å². The van der Waals surface area contributed by atoms with Crippen LogP contribution in [0, 0.1) is 0 Å². The molecule has 0 fully saturated rings. The van der Waals surface area contributed by atoms with Crippen molar-refractivity contribution in [1.29, 1.82) is 0 Å². The lowest BCUT2D eigenvalue weighted by molar-refractivity contribution is 0.0954. The zero-order chi connectivity index (χ0) is 20.0. The summed E-state index contributed by atoms with van der Waals surface area (Å²) in [5.41, 5.74) is 4.43. The molecule has 2 rings (SSSR count). The zero-order valence-corrected chi connectivity index (χ0v) is 16.6. The summed E-state index contributed by atoms with van der Waals surface area (Å²) in [4.78, 5) is 12.3. The van der Waals surface area contributed by atoms with Gasteiger partial charge in [-0.25, -0.2) is 18.1 Å². The molecule has 0 spiro atoms. The van der Waals surface area contributed by atoms with Crippen LogP contribution in [-0.2, 0) is 16.4 Å². The third-order valence-electron chi connectivity index (χ3n) is 3.84. The van der Waals surface area contributed by atoms with E-state index in [1.807, 2.05) is 24.3 Å². The number of hydrogen-bond donors (Lipinski definition) is 1. The Morgan fingerprint density at radius 2 is 1.81 bits per heavy atom. The van der Waals surface area contributed by atoms with Crippen LogP contribution in [0.25, 0.3) is 0 Å². The molecule has 144 valence electrons. The van der Waals surface area contributed by atoms with Crippen molar-refractivity contribution in [1.82, 2.24) is 9.73 Å². The molecular formula is C19H23N3O4S. The van der Waals surface area contributed by atoms with E-state index in [0.29, 0.717) is 12.1 Å². The number of methoxy groups -OCH3 is 1. The average Bonchev–Trinajstić information content (AvgIpc) is 2.66. The number of carbonyl (C=O) groups is 1.